The van der Waals surface area contributed by atoms with Crippen LogP contribution in [0.25, 0.3) is 0 Å². The molecule has 1 atom stereocenters. The van der Waals surface area contributed by atoms with E-state index in [1.54, 1.807) is 0 Å². The van der Waals surface area contributed by atoms with E-state index in [2.05, 4.69) is 30.0 Å². The summed E-state index contributed by atoms with van der Waals surface area (Å²) in [5.41, 5.74) is 10.0. The minimum Gasteiger partial charge on any atom is -0.396 e. The summed E-state index contributed by atoms with van der Waals surface area (Å²) in [5.74, 6) is 0. The molecule has 0 fully saturated rings. The topological polar surface area (TPSA) is 49.5 Å². The summed E-state index contributed by atoms with van der Waals surface area (Å²) >= 11 is 0. The summed E-state index contributed by atoms with van der Waals surface area (Å²) in [5, 5.41) is 8.92. The van der Waals surface area contributed by atoms with Gasteiger partial charge in [0.25, 0.3) is 0 Å². The molecule has 2 rings (SSSR count). The highest BCUT2D eigenvalue weighted by Crippen LogP contribution is 2.23. The summed E-state index contributed by atoms with van der Waals surface area (Å²) in [6.07, 6.45) is 1.75. The normalized spacial score (nSPS) is 17.8. The van der Waals surface area contributed by atoms with Crippen molar-refractivity contribution in [2.45, 2.75) is 32.4 Å². The van der Waals surface area contributed by atoms with Crippen molar-refractivity contribution in [3.63, 3.8) is 0 Å². The molecule has 0 spiro atoms. The summed E-state index contributed by atoms with van der Waals surface area (Å²) in [4.78, 5) is 2.45. The van der Waals surface area contributed by atoms with Gasteiger partial charge in [-0.3, -0.25) is 4.90 Å². The Bertz CT molecular complexity index is 378. The molecule has 1 aliphatic heterocycles. The van der Waals surface area contributed by atoms with Gasteiger partial charge in [-0.15, -0.1) is 0 Å². The molecule has 1 unspecified atom stereocenters. The van der Waals surface area contributed by atoms with Crippen molar-refractivity contribution < 1.29 is 5.11 Å². The van der Waals surface area contributed by atoms with Crippen LogP contribution < -0.4 is 5.73 Å². The van der Waals surface area contributed by atoms with Gasteiger partial charge in [0.2, 0.25) is 0 Å². The van der Waals surface area contributed by atoms with Crippen LogP contribution in [-0.4, -0.2) is 29.7 Å². The Balaban J connectivity index is 2.15. The SMILES string of the molecule is CCN1CCc2cc(C(N)CCO)ccc2C1. The Kier molecular flexibility index (Phi) is 4.15. The van der Waals surface area contributed by atoms with Crippen LogP contribution >= 0.6 is 0 Å². The van der Waals surface area contributed by atoms with Crippen molar-refractivity contribution in [3.8, 4) is 0 Å². The zero-order valence-electron chi connectivity index (χ0n) is 10.5. The molecule has 1 aromatic rings. The Morgan fingerprint density at radius 3 is 2.94 bits per heavy atom. The maximum atomic E-state index is 8.92. The Morgan fingerprint density at radius 1 is 1.41 bits per heavy atom. The number of benzene rings is 1. The van der Waals surface area contributed by atoms with Gasteiger partial charge >= 0.3 is 0 Å². The van der Waals surface area contributed by atoms with E-state index < -0.39 is 0 Å². The van der Waals surface area contributed by atoms with E-state index in [1.807, 2.05) is 0 Å². The van der Waals surface area contributed by atoms with Crippen LogP contribution in [0.3, 0.4) is 0 Å². The quantitative estimate of drug-likeness (QED) is 0.829. The lowest BCUT2D eigenvalue weighted by Gasteiger charge is -2.28. The molecule has 0 aliphatic carbocycles. The van der Waals surface area contributed by atoms with Crippen molar-refractivity contribution in [1.82, 2.24) is 4.90 Å². The first kappa shape index (κ1) is 12.6. The average molecular weight is 234 g/mol. The number of likely N-dealkylation sites (N-methyl/N-ethyl adjacent to an activating group) is 1. The third kappa shape index (κ3) is 2.86. The fraction of sp³-hybridized carbons (Fsp3) is 0.571. The van der Waals surface area contributed by atoms with Crippen LogP contribution in [0.4, 0.5) is 0 Å². The fourth-order valence-electron chi connectivity index (χ4n) is 2.44. The molecule has 0 saturated heterocycles. The van der Waals surface area contributed by atoms with E-state index in [0.717, 1.165) is 31.6 Å². The minimum absolute atomic E-state index is 0.0329. The van der Waals surface area contributed by atoms with E-state index in [-0.39, 0.29) is 12.6 Å². The maximum absolute atomic E-state index is 8.92. The highest BCUT2D eigenvalue weighted by Gasteiger charge is 2.16. The summed E-state index contributed by atoms with van der Waals surface area (Å²) in [6.45, 7) is 5.67. The lowest BCUT2D eigenvalue weighted by atomic mass is 9.94. The van der Waals surface area contributed by atoms with Gasteiger partial charge in [-0.25, -0.2) is 0 Å². The van der Waals surface area contributed by atoms with Gasteiger partial charge in [-0.05, 0) is 36.1 Å². The zero-order chi connectivity index (χ0) is 12.3. The number of nitrogens with two attached hydrogens (primary N) is 1. The van der Waals surface area contributed by atoms with Gasteiger partial charge in [0.1, 0.15) is 0 Å². The molecule has 3 N–H and O–H groups in total. The molecule has 0 radical (unpaired) electrons. The third-order valence-electron chi connectivity index (χ3n) is 3.64. The molecule has 3 heteroatoms. The van der Waals surface area contributed by atoms with Crippen molar-refractivity contribution in [2.75, 3.05) is 19.7 Å². The molecule has 17 heavy (non-hydrogen) atoms. The molecule has 94 valence electrons. The van der Waals surface area contributed by atoms with Crippen LogP contribution in [0.5, 0.6) is 0 Å². The van der Waals surface area contributed by atoms with Crippen molar-refractivity contribution >= 4 is 0 Å². The number of hydrogen-bond donors (Lipinski definition) is 2. The largest absolute Gasteiger partial charge is 0.396 e. The smallest absolute Gasteiger partial charge is 0.0449 e. The first-order valence-electron chi connectivity index (χ1n) is 6.45. The predicted molar refractivity (Wildman–Crippen MR) is 69.7 cm³/mol. The molecular formula is C14H22N2O. The van der Waals surface area contributed by atoms with Crippen LogP contribution in [-0.2, 0) is 13.0 Å². The molecule has 3 nitrogen and oxygen atoms in total. The Hall–Kier alpha value is -0.900. The number of nitrogens with zero attached hydrogens (tertiary/aromatic N) is 1. The lowest BCUT2D eigenvalue weighted by molar-refractivity contribution is 0.267. The predicted octanol–water partition coefficient (Wildman–Crippen LogP) is 1.45. The summed E-state index contributed by atoms with van der Waals surface area (Å²) in [7, 11) is 0. The van der Waals surface area contributed by atoms with Crippen molar-refractivity contribution in [2.24, 2.45) is 5.73 Å². The Morgan fingerprint density at radius 2 is 2.24 bits per heavy atom. The second-order valence-corrected chi connectivity index (χ2v) is 4.77. The summed E-state index contributed by atoms with van der Waals surface area (Å²) < 4.78 is 0. The van der Waals surface area contributed by atoms with Gasteiger partial charge in [0.15, 0.2) is 0 Å². The van der Waals surface area contributed by atoms with E-state index >= 15 is 0 Å². The number of aliphatic hydroxyl groups excluding tert-OH is 1. The molecule has 1 aromatic carbocycles. The van der Waals surface area contributed by atoms with Gasteiger partial charge in [0, 0.05) is 25.7 Å². The highest BCUT2D eigenvalue weighted by atomic mass is 16.3. The van der Waals surface area contributed by atoms with E-state index in [4.69, 9.17) is 10.8 Å². The first-order chi connectivity index (χ1) is 8.24. The highest BCUT2D eigenvalue weighted by molar-refractivity contribution is 5.35. The van der Waals surface area contributed by atoms with Crippen LogP contribution in [0.1, 0.15) is 36.1 Å². The summed E-state index contributed by atoms with van der Waals surface area (Å²) in [6, 6.07) is 6.50. The first-order valence-corrected chi connectivity index (χ1v) is 6.45. The molecular weight excluding hydrogens is 212 g/mol. The number of hydrogen-bond acceptors (Lipinski definition) is 3. The second-order valence-electron chi connectivity index (χ2n) is 4.77. The van der Waals surface area contributed by atoms with Crippen LogP contribution in [0.15, 0.2) is 18.2 Å². The number of fused-ring (bicyclic) bond motifs is 1. The maximum Gasteiger partial charge on any atom is 0.0449 e. The van der Waals surface area contributed by atoms with Gasteiger partial charge < -0.3 is 10.8 Å². The standard InChI is InChI=1S/C14H22N2O/c1-2-16-7-5-11-9-12(14(15)6-8-17)3-4-13(11)10-16/h3-4,9,14,17H,2,5-8,10,15H2,1H3. The number of rotatable bonds is 4. The van der Waals surface area contributed by atoms with Gasteiger partial charge in [-0.1, -0.05) is 25.1 Å². The van der Waals surface area contributed by atoms with Crippen LogP contribution in [0, 0.1) is 0 Å². The Labute approximate surface area is 103 Å². The van der Waals surface area contributed by atoms with E-state index in [1.165, 1.54) is 11.1 Å². The fourth-order valence-corrected chi connectivity index (χ4v) is 2.44. The molecule has 0 bridgehead atoms. The molecule has 0 amide bonds. The molecule has 1 heterocycles. The van der Waals surface area contributed by atoms with Gasteiger partial charge in [0.05, 0.1) is 0 Å². The second kappa shape index (κ2) is 5.63. The molecule has 0 saturated carbocycles. The van der Waals surface area contributed by atoms with Crippen molar-refractivity contribution in [1.29, 1.82) is 0 Å². The third-order valence-corrected chi connectivity index (χ3v) is 3.64. The zero-order valence-corrected chi connectivity index (χ0v) is 10.5. The number of aliphatic hydroxyl groups is 1. The van der Waals surface area contributed by atoms with E-state index in [0.29, 0.717) is 6.42 Å². The molecule has 0 aromatic heterocycles. The minimum atomic E-state index is -0.0329. The van der Waals surface area contributed by atoms with E-state index in [9.17, 15) is 0 Å². The van der Waals surface area contributed by atoms with Gasteiger partial charge in [-0.2, -0.15) is 0 Å². The monoisotopic (exact) mass is 234 g/mol. The van der Waals surface area contributed by atoms with Crippen LogP contribution in [0.2, 0.25) is 0 Å². The lowest BCUT2D eigenvalue weighted by Crippen LogP contribution is -2.30. The van der Waals surface area contributed by atoms with Crippen molar-refractivity contribution in [3.05, 3.63) is 34.9 Å². The average Bonchev–Trinajstić information content (AvgIpc) is 2.37. The molecule has 1 aliphatic rings.